The highest BCUT2D eigenvalue weighted by Gasteiger charge is 2.46. The van der Waals surface area contributed by atoms with E-state index in [-0.39, 0.29) is 24.8 Å². The molecule has 3 aromatic rings. The van der Waals surface area contributed by atoms with Gasteiger partial charge in [0.05, 0.1) is 34.1 Å². The van der Waals surface area contributed by atoms with Gasteiger partial charge in [0.1, 0.15) is 11.6 Å². The van der Waals surface area contributed by atoms with Crippen molar-refractivity contribution >= 4 is 66.6 Å². The summed E-state index contributed by atoms with van der Waals surface area (Å²) in [4.78, 5) is 28.3. The summed E-state index contributed by atoms with van der Waals surface area (Å²) in [6.07, 6.45) is -8.92. The molecule has 0 saturated heterocycles. The van der Waals surface area contributed by atoms with Crippen molar-refractivity contribution in [2.45, 2.75) is 25.3 Å². The molecule has 0 fully saturated rings. The molecule has 1 aromatic heterocycles. The van der Waals surface area contributed by atoms with Crippen LogP contribution >= 0.6 is 11.6 Å². The van der Waals surface area contributed by atoms with E-state index in [9.17, 15) is 57.3 Å². The second kappa shape index (κ2) is 21.1. The molecule has 4 rings (SSSR count). The Morgan fingerprint density at radius 1 is 0.849 bits per heavy atom. The molecule has 2 aromatic carbocycles. The number of rotatable bonds is 6. The molecule has 0 unspecified atom stereocenters. The highest BCUT2D eigenvalue weighted by Crippen LogP contribution is 2.32. The Morgan fingerprint density at radius 3 is 1.68 bits per heavy atom. The molecular formula is C29H38ClF6N5O10S2. The molecule has 1 aliphatic heterocycles. The minimum absolute atomic E-state index is 0.0540. The monoisotopic (exact) mass is 829 g/mol. The van der Waals surface area contributed by atoms with E-state index in [4.69, 9.17) is 11.6 Å². The van der Waals surface area contributed by atoms with Gasteiger partial charge in [-0.1, -0.05) is 30.3 Å². The number of carbonyl (C=O) groups excluding carboxylic acids is 2. The summed E-state index contributed by atoms with van der Waals surface area (Å²) in [5, 5.41) is 0. The van der Waals surface area contributed by atoms with Crippen molar-refractivity contribution in [1.29, 1.82) is 0 Å². The summed E-state index contributed by atoms with van der Waals surface area (Å²) in [5.41, 5.74) is 1.21. The summed E-state index contributed by atoms with van der Waals surface area (Å²) < 4.78 is 137. The predicted molar refractivity (Wildman–Crippen MR) is 179 cm³/mol. The van der Waals surface area contributed by atoms with Crippen molar-refractivity contribution < 1.29 is 74.4 Å². The number of nitrogens with zero attached hydrogens (tertiary/aromatic N) is 5. The highest BCUT2D eigenvalue weighted by atomic mass is 35.5. The van der Waals surface area contributed by atoms with E-state index in [1.165, 1.54) is 30.9 Å². The topological polar surface area (TPSA) is 181 Å². The van der Waals surface area contributed by atoms with Gasteiger partial charge >= 0.3 is 28.6 Å². The molecule has 2 amide bonds. The molecule has 0 spiro atoms. The zero-order valence-corrected chi connectivity index (χ0v) is 31.9. The van der Waals surface area contributed by atoms with Crippen LogP contribution in [0.5, 0.6) is 0 Å². The SMILES string of the molecule is CN(C)C(=O)CCl.CN(C)C(=O)Cn1c(C(F)(F)F)[n+](C)c2ccccc21.COS(=O)(=O)OC.COS(=O)(=O)[O-].FC(F)(F)C1=Nc2ccccc2C1. The van der Waals surface area contributed by atoms with Crippen molar-refractivity contribution in [2.24, 2.45) is 12.0 Å². The number of aromatic nitrogens is 2. The van der Waals surface area contributed by atoms with Crippen molar-refractivity contribution in [2.75, 3.05) is 55.4 Å². The quantitative estimate of drug-likeness (QED) is 0.118. The van der Waals surface area contributed by atoms with Crippen molar-refractivity contribution in [3.8, 4) is 0 Å². The number of carbonyl (C=O) groups is 2. The highest BCUT2D eigenvalue weighted by molar-refractivity contribution is 7.81. The number of fused-ring (bicyclic) bond motifs is 2. The maximum Gasteiger partial charge on any atom is 0.495 e. The molecule has 0 saturated carbocycles. The zero-order chi connectivity index (χ0) is 41.5. The number of aliphatic imine (C=N–C) groups is 1. The average molecular weight is 830 g/mol. The minimum Gasteiger partial charge on any atom is -0.726 e. The molecule has 0 bridgehead atoms. The first kappa shape index (κ1) is 49.1. The van der Waals surface area contributed by atoms with E-state index in [0.717, 1.165) is 30.5 Å². The van der Waals surface area contributed by atoms with Gasteiger partial charge in [0.25, 0.3) is 5.91 Å². The van der Waals surface area contributed by atoms with Gasteiger partial charge in [0.15, 0.2) is 17.6 Å². The van der Waals surface area contributed by atoms with E-state index in [1.807, 2.05) is 0 Å². The molecule has 24 heteroatoms. The Bertz CT molecular complexity index is 1910. The number of para-hydroxylation sites is 3. The van der Waals surface area contributed by atoms with Gasteiger partial charge in [-0.3, -0.25) is 22.1 Å². The lowest BCUT2D eigenvalue weighted by atomic mass is 10.1. The molecule has 1 aliphatic rings. The number of hydrogen-bond acceptors (Lipinski definition) is 11. The molecule has 0 N–H and O–H groups in total. The number of alkyl halides is 7. The van der Waals surface area contributed by atoms with Gasteiger partial charge in [-0.05, 0) is 23.8 Å². The van der Waals surface area contributed by atoms with Gasteiger partial charge < -0.3 is 14.4 Å². The Morgan fingerprint density at radius 2 is 1.32 bits per heavy atom. The number of amides is 2. The molecule has 0 aliphatic carbocycles. The Kier molecular flexibility index (Phi) is 19.6. The van der Waals surface area contributed by atoms with Gasteiger partial charge in [0.2, 0.25) is 16.3 Å². The fourth-order valence-electron chi connectivity index (χ4n) is 3.65. The number of benzene rings is 2. The van der Waals surface area contributed by atoms with E-state index in [0.29, 0.717) is 22.3 Å². The van der Waals surface area contributed by atoms with E-state index in [1.54, 1.807) is 62.6 Å². The van der Waals surface area contributed by atoms with Gasteiger partial charge in [-0.2, -0.15) is 34.8 Å². The zero-order valence-electron chi connectivity index (χ0n) is 29.5. The van der Waals surface area contributed by atoms with Gasteiger partial charge in [-0.25, -0.2) is 22.5 Å². The lowest BCUT2D eigenvalue weighted by molar-refractivity contribution is -0.667. The normalized spacial score (nSPS) is 12.3. The standard InChI is InChI=1S/C13H15F3N3O.C9H6F3N.C4H8ClNO.C2H6O4S.CH4O4S/c1-17(2)11(20)8-19-10-7-5-4-6-9(10)18(3)12(19)13(14,15)16;10-9(11,12)8-5-6-3-1-2-4-7(6)13-8;1-6(2)4(7)3-5;1-5-7(3,4)6-2;1-5-6(2,3)4/h4-7H,8H2,1-3H3;1-4H,5H2;3H2,1-2H3;1-2H3;1H3,(H,2,3,4)/q+1;;;;/p-1. The Labute approximate surface area is 307 Å². The number of imidazole rings is 1. The minimum atomic E-state index is -4.53. The third-order valence-corrected chi connectivity index (χ3v) is 7.76. The summed E-state index contributed by atoms with van der Waals surface area (Å²) in [7, 11) is 2.51. The second-order valence-corrected chi connectivity index (χ2v) is 13.2. The number of halogens is 7. The Balaban J connectivity index is 0.000000704. The maximum atomic E-state index is 13.2. The predicted octanol–water partition coefficient (Wildman–Crippen LogP) is 3.38. The molecule has 0 radical (unpaired) electrons. The van der Waals surface area contributed by atoms with Crippen LogP contribution in [-0.4, -0.2) is 115 Å². The molecule has 53 heavy (non-hydrogen) atoms. The fraction of sp³-hybridized carbons (Fsp3) is 0.448. The number of hydrogen-bond donors (Lipinski definition) is 0. The molecule has 300 valence electrons. The molecule has 15 nitrogen and oxygen atoms in total. The van der Waals surface area contributed by atoms with Crippen molar-refractivity contribution in [3.63, 3.8) is 0 Å². The summed E-state index contributed by atoms with van der Waals surface area (Å²) >= 11 is 5.16. The van der Waals surface area contributed by atoms with E-state index in [2.05, 4.69) is 17.5 Å². The summed E-state index contributed by atoms with van der Waals surface area (Å²) in [6, 6.07) is 13.1. The first-order chi connectivity index (χ1) is 24.2. The lowest BCUT2D eigenvalue weighted by Crippen LogP contribution is -2.39. The fourth-order valence-corrected chi connectivity index (χ4v) is 4.03. The molecule has 2 heterocycles. The third-order valence-electron chi connectivity index (χ3n) is 6.31. The van der Waals surface area contributed by atoms with Crippen LogP contribution in [0, 0.1) is 0 Å². The van der Waals surface area contributed by atoms with Crippen LogP contribution in [-0.2, 0) is 69.1 Å². The van der Waals surface area contributed by atoms with Crippen LogP contribution in [0.4, 0.5) is 32.0 Å². The lowest BCUT2D eigenvalue weighted by Gasteiger charge is -2.10. The van der Waals surface area contributed by atoms with E-state index < -0.39 is 50.6 Å². The summed E-state index contributed by atoms with van der Waals surface area (Å²) in [6.45, 7) is -0.344. The van der Waals surface area contributed by atoms with Crippen LogP contribution < -0.4 is 4.57 Å². The smallest absolute Gasteiger partial charge is 0.495 e. The van der Waals surface area contributed by atoms with Crippen LogP contribution in [0.2, 0.25) is 0 Å². The van der Waals surface area contributed by atoms with Crippen LogP contribution in [0.15, 0.2) is 53.5 Å². The third kappa shape index (κ3) is 17.2. The van der Waals surface area contributed by atoms with Gasteiger partial charge in [0, 0.05) is 34.6 Å². The maximum absolute atomic E-state index is 13.2. The Hall–Kier alpha value is -3.87. The van der Waals surface area contributed by atoms with Crippen molar-refractivity contribution in [3.05, 3.63) is 59.9 Å². The number of aryl methyl sites for hydroxylation is 1. The van der Waals surface area contributed by atoms with Crippen LogP contribution in [0.25, 0.3) is 11.0 Å². The average Bonchev–Trinajstić information content (AvgIpc) is 3.64. The number of likely N-dealkylation sites (N-methyl/N-ethyl adjacent to an activating group) is 1. The largest absolute Gasteiger partial charge is 0.726 e. The van der Waals surface area contributed by atoms with Crippen molar-refractivity contribution in [1.82, 2.24) is 14.4 Å². The van der Waals surface area contributed by atoms with Gasteiger partial charge in [-0.15, -0.1) is 11.6 Å². The summed E-state index contributed by atoms with van der Waals surface area (Å²) in [5.74, 6) is -1.21. The van der Waals surface area contributed by atoms with Crippen LogP contribution in [0.3, 0.4) is 0 Å². The first-order valence-corrected chi connectivity index (χ1v) is 17.5. The van der Waals surface area contributed by atoms with E-state index >= 15 is 0 Å². The second-order valence-electron chi connectivity index (χ2n) is 10.3. The molecule has 0 atom stereocenters. The first-order valence-electron chi connectivity index (χ1n) is 14.3. The van der Waals surface area contributed by atoms with Crippen LogP contribution in [0.1, 0.15) is 11.4 Å². The molecular weight excluding hydrogens is 792 g/mol.